The molecule has 1 atom stereocenters. The second-order valence-electron chi connectivity index (χ2n) is 7.63. The number of carbonyl (C=O) groups is 2. The standard InChI is InChI=1S/C20H21ClFN5O4S/c21-19-16(27-5-1-2-18(27)28)6-14(22)7-17(19)32(30,31)25-15(8-23)20(29)26-10-12-3-4-24-9-13(12)11-26/h3-4,6-7,9,15,25H,1-2,5,8,10-11,23H2/t15-/m0/s1. The number of aromatic nitrogens is 1. The quantitative estimate of drug-likeness (QED) is 0.637. The molecule has 32 heavy (non-hydrogen) atoms. The van der Waals surface area contributed by atoms with Gasteiger partial charge in [-0.2, -0.15) is 4.72 Å². The van der Waals surface area contributed by atoms with Gasteiger partial charge in [0.05, 0.1) is 10.7 Å². The van der Waals surface area contributed by atoms with Crippen LogP contribution in [0.5, 0.6) is 0 Å². The van der Waals surface area contributed by atoms with Gasteiger partial charge in [-0.05, 0) is 35.7 Å². The number of nitrogens with zero attached hydrogens (tertiary/aromatic N) is 3. The zero-order valence-electron chi connectivity index (χ0n) is 16.9. The Morgan fingerprint density at radius 1 is 1.31 bits per heavy atom. The van der Waals surface area contributed by atoms with Crippen molar-refractivity contribution < 1.29 is 22.4 Å². The highest BCUT2D eigenvalue weighted by molar-refractivity contribution is 7.89. The number of anilines is 1. The van der Waals surface area contributed by atoms with Crippen LogP contribution in [0.3, 0.4) is 0 Å². The monoisotopic (exact) mass is 481 g/mol. The third-order valence-electron chi connectivity index (χ3n) is 5.51. The maximum absolute atomic E-state index is 14.3. The third-order valence-corrected chi connectivity index (χ3v) is 7.51. The first-order chi connectivity index (χ1) is 15.2. The highest BCUT2D eigenvalue weighted by Crippen LogP contribution is 2.35. The first-order valence-corrected chi connectivity index (χ1v) is 11.8. The lowest BCUT2D eigenvalue weighted by atomic mass is 10.2. The summed E-state index contributed by atoms with van der Waals surface area (Å²) in [5.74, 6) is -1.66. The average Bonchev–Trinajstić information content (AvgIpc) is 3.38. The fourth-order valence-electron chi connectivity index (χ4n) is 3.89. The first-order valence-electron chi connectivity index (χ1n) is 9.93. The summed E-state index contributed by atoms with van der Waals surface area (Å²) >= 11 is 6.29. The van der Waals surface area contributed by atoms with E-state index in [-0.39, 0.29) is 36.1 Å². The van der Waals surface area contributed by atoms with Crippen LogP contribution in [0.1, 0.15) is 24.0 Å². The van der Waals surface area contributed by atoms with Crippen LogP contribution in [-0.4, -0.2) is 49.2 Å². The summed E-state index contributed by atoms with van der Waals surface area (Å²) < 4.78 is 42.7. The SMILES string of the molecule is NC[C@H](NS(=O)(=O)c1cc(F)cc(N2CCCC2=O)c1Cl)C(=O)N1Cc2ccncc2C1. The van der Waals surface area contributed by atoms with Gasteiger partial charge in [-0.1, -0.05) is 11.6 Å². The number of hydrogen-bond acceptors (Lipinski definition) is 6. The van der Waals surface area contributed by atoms with Crippen molar-refractivity contribution in [1.29, 1.82) is 0 Å². The number of hydrogen-bond donors (Lipinski definition) is 2. The van der Waals surface area contributed by atoms with E-state index in [2.05, 4.69) is 9.71 Å². The van der Waals surface area contributed by atoms with Gasteiger partial charge in [0.15, 0.2) is 0 Å². The molecule has 2 aliphatic rings. The maximum Gasteiger partial charge on any atom is 0.243 e. The molecule has 12 heteroatoms. The van der Waals surface area contributed by atoms with Gasteiger partial charge < -0.3 is 15.5 Å². The highest BCUT2D eigenvalue weighted by Gasteiger charge is 2.34. The van der Waals surface area contributed by atoms with Gasteiger partial charge in [0.2, 0.25) is 21.8 Å². The van der Waals surface area contributed by atoms with E-state index < -0.39 is 32.7 Å². The van der Waals surface area contributed by atoms with E-state index in [4.69, 9.17) is 17.3 Å². The van der Waals surface area contributed by atoms with Crippen LogP contribution >= 0.6 is 11.6 Å². The molecule has 0 radical (unpaired) electrons. The van der Waals surface area contributed by atoms with Crippen LogP contribution < -0.4 is 15.4 Å². The van der Waals surface area contributed by atoms with E-state index in [0.717, 1.165) is 23.3 Å². The lowest BCUT2D eigenvalue weighted by molar-refractivity contribution is -0.133. The Kier molecular flexibility index (Phi) is 6.17. The summed E-state index contributed by atoms with van der Waals surface area (Å²) in [7, 11) is -4.44. The molecule has 170 valence electrons. The Bertz CT molecular complexity index is 1170. The fourth-order valence-corrected chi connectivity index (χ4v) is 5.71. The summed E-state index contributed by atoms with van der Waals surface area (Å²) in [6.07, 6.45) is 4.09. The number of fused-ring (bicyclic) bond motifs is 1. The van der Waals surface area contributed by atoms with E-state index in [1.807, 2.05) is 0 Å². The normalized spacial score (nSPS) is 17.0. The van der Waals surface area contributed by atoms with Crippen LogP contribution in [0.2, 0.25) is 5.02 Å². The van der Waals surface area contributed by atoms with Crippen molar-refractivity contribution in [1.82, 2.24) is 14.6 Å². The second kappa shape index (κ2) is 8.74. The molecule has 2 amide bonds. The van der Waals surface area contributed by atoms with Gasteiger partial charge in [-0.3, -0.25) is 14.6 Å². The van der Waals surface area contributed by atoms with Crippen LogP contribution in [0.15, 0.2) is 35.5 Å². The number of nitrogens with two attached hydrogens (primary N) is 1. The summed E-state index contributed by atoms with van der Waals surface area (Å²) in [4.78, 5) is 31.2. The number of rotatable bonds is 6. The van der Waals surface area contributed by atoms with E-state index in [9.17, 15) is 22.4 Å². The Morgan fingerprint density at radius 2 is 2.06 bits per heavy atom. The fraction of sp³-hybridized carbons (Fsp3) is 0.350. The topological polar surface area (TPSA) is 126 Å². The van der Waals surface area contributed by atoms with Gasteiger partial charge in [0, 0.05) is 45.0 Å². The third kappa shape index (κ3) is 4.20. The molecule has 1 aromatic heterocycles. The molecule has 4 rings (SSSR count). The summed E-state index contributed by atoms with van der Waals surface area (Å²) in [6, 6.07) is 2.28. The molecule has 1 aromatic carbocycles. The Morgan fingerprint density at radius 3 is 2.72 bits per heavy atom. The van der Waals surface area contributed by atoms with E-state index in [1.54, 1.807) is 18.5 Å². The van der Waals surface area contributed by atoms with E-state index >= 15 is 0 Å². The number of benzene rings is 1. The number of halogens is 2. The second-order valence-corrected chi connectivity index (χ2v) is 9.69. The summed E-state index contributed by atoms with van der Waals surface area (Å²) in [5, 5.41) is -0.294. The average molecular weight is 482 g/mol. The molecule has 1 saturated heterocycles. The molecule has 0 unspecified atom stereocenters. The van der Waals surface area contributed by atoms with Crippen LogP contribution in [0.4, 0.5) is 10.1 Å². The molecular formula is C20H21ClFN5O4S. The lowest BCUT2D eigenvalue weighted by Crippen LogP contribution is -2.50. The van der Waals surface area contributed by atoms with Gasteiger partial charge in [0.1, 0.15) is 16.8 Å². The Hall–Kier alpha value is -2.60. The number of carbonyl (C=O) groups excluding carboxylic acids is 2. The minimum atomic E-state index is -4.44. The Labute approximate surface area is 189 Å². The van der Waals surface area contributed by atoms with Crippen LogP contribution in [0, 0.1) is 5.82 Å². The van der Waals surface area contributed by atoms with Gasteiger partial charge in [-0.25, -0.2) is 12.8 Å². The van der Waals surface area contributed by atoms with Crippen molar-refractivity contribution in [3.05, 3.63) is 52.6 Å². The molecule has 0 saturated carbocycles. The number of sulfonamides is 1. The van der Waals surface area contributed by atoms with Gasteiger partial charge in [-0.15, -0.1) is 0 Å². The van der Waals surface area contributed by atoms with Crippen molar-refractivity contribution in [2.75, 3.05) is 18.0 Å². The van der Waals surface area contributed by atoms with Crippen molar-refractivity contribution in [2.45, 2.75) is 36.9 Å². The maximum atomic E-state index is 14.3. The lowest BCUT2D eigenvalue weighted by Gasteiger charge is -2.24. The predicted octanol–water partition coefficient (Wildman–Crippen LogP) is 1.15. The molecule has 1 fully saturated rings. The molecule has 0 spiro atoms. The minimum Gasteiger partial charge on any atom is -0.333 e. The smallest absolute Gasteiger partial charge is 0.243 e. The summed E-state index contributed by atoms with van der Waals surface area (Å²) in [5.41, 5.74) is 7.46. The molecule has 3 N–H and O–H groups in total. The molecule has 3 heterocycles. The highest BCUT2D eigenvalue weighted by atomic mass is 35.5. The first kappa shape index (κ1) is 22.6. The number of pyridine rings is 1. The zero-order valence-corrected chi connectivity index (χ0v) is 18.5. The van der Waals surface area contributed by atoms with Gasteiger partial charge in [0.25, 0.3) is 0 Å². The van der Waals surface area contributed by atoms with Crippen molar-refractivity contribution in [3.8, 4) is 0 Å². The number of nitrogens with one attached hydrogen (secondary N) is 1. The van der Waals surface area contributed by atoms with E-state index in [1.165, 1.54) is 9.80 Å². The van der Waals surface area contributed by atoms with Crippen molar-refractivity contribution in [2.24, 2.45) is 5.73 Å². The van der Waals surface area contributed by atoms with E-state index in [0.29, 0.717) is 19.5 Å². The van der Waals surface area contributed by atoms with Crippen molar-refractivity contribution in [3.63, 3.8) is 0 Å². The predicted molar refractivity (Wildman–Crippen MR) is 115 cm³/mol. The molecule has 2 aromatic rings. The summed E-state index contributed by atoms with van der Waals surface area (Å²) in [6.45, 7) is 0.579. The zero-order chi connectivity index (χ0) is 23.0. The molecular weight excluding hydrogens is 461 g/mol. The number of amides is 2. The molecule has 0 bridgehead atoms. The van der Waals surface area contributed by atoms with Gasteiger partial charge >= 0.3 is 0 Å². The largest absolute Gasteiger partial charge is 0.333 e. The van der Waals surface area contributed by atoms with Crippen molar-refractivity contribution >= 4 is 39.1 Å². The molecule has 9 nitrogen and oxygen atoms in total. The molecule has 2 aliphatic heterocycles. The van der Waals surface area contributed by atoms with Crippen LogP contribution in [-0.2, 0) is 32.7 Å². The minimum absolute atomic E-state index is 0.0207. The Balaban J connectivity index is 1.59. The molecule has 0 aliphatic carbocycles. The van der Waals surface area contributed by atoms with Crippen LogP contribution in [0.25, 0.3) is 0 Å².